The van der Waals surface area contributed by atoms with Gasteiger partial charge in [-0.25, -0.2) is 0 Å². The summed E-state index contributed by atoms with van der Waals surface area (Å²) in [7, 11) is 8.11. The molecule has 4 rings (SSSR count). The van der Waals surface area contributed by atoms with Crippen LogP contribution in [0.5, 0.6) is 0 Å². The second kappa shape index (κ2) is 17.2. The Morgan fingerprint density at radius 3 is 1.51 bits per heavy atom. The molecule has 0 N–H and O–H groups in total. The third-order valence-corrected chi connectivity index (χ3v) is 9.74. The molecule has 0 aliphatic rings. The molecule has 0 aliphatic carbocycles. The summed E-state index contributed by atoms with van der Waals surface area (Å²) in [4.78, 5) is 0.905. The van der Waals surface area contributed by atoms with Crippen LogP contribution in [0, 0.1) is 6.92 Å². The van der Waals surface area contributed by atoms with Gasteiger partial charge in [0, 0.05) is 4.90 Å². The zero-order valence-electron chi connectivity index (χ0n) is 20.1. The molecule has 186 valence electrons. The predicted molar refractivity (Wildman–Crippen MR) is 154 cm³/mol. The monoisotopic (exact) mass is 630 g/mol. The van der Waals surface area contributed by atoms with Gasteiger partial charge in [0.15, 0.2) is 0 Å². The van der Waals surface area contributed by atoms with Crippen molar-refractivity contribution in [1.82, 2.24) is 0 Å². The van der Waals surface area contributed by atoms with Crippen LogP contribution >= 0.6 is 27.3 Å². The van der Waals surface area contributed by atoms with E-state index in [4.69, 9.17) is 19.4 Å². The minimum absolute atomic E-state index is 0.346. The topological polar surface area (TPSA) is 17.1 Å². The minimum atomic E-state index is -0.986. The third-order valence-electron chi connectivity index (χ3n) is 5.13. The Hall–Kier alpha value is -1.34. The Kier molecular flexibility index (Phi) is 14.7. The molecular weight excluding hydrogens is 599 g/mol. The maximum absolute atomic E-state index is 12.7. The van der Waals surface area contributed by atoms with E-state index in [-0.39, 0.29) is 15.1 Å². The first-order valence-corrected chi connectivity index (χ1v) is 18.5. The van der Waals surface area contributed by atoms with E-state index in [1.807, 2.05) is 42.5 Å². The zero-order chi connectivity index (χ0) is 25.5. The second-order valence-electron chi connectivity index (χ2n) is 8.00. The zero-order valence-corrected chi connectivity index (χ0v) is 25.1. The average molecular weight is 631 g/mol. The molecule has 0 fully saturated rings. The molecule has 0 amide bonds. The van der Waals surface area contributed by atoms with E-state index in [2.05, 4.69) is 93.6 Å². The Morgan fingerprint density at radius 1 is 0.714 bits per heavy atom. The maximum atomic E-state index is 12.7. The van der Waals surface area contributed by atoms with Gasteiger partial charge in [-0.1, -0.05) is 123 Å². The number of hydrogen-bond donors (Lipinski definition) is 0. The van der Waals surface area contributed by atoms with Gasteiger partial charge in [0.1, 0.15) is 0 Å². The molecule has 0 radical (unpaired) electrons. The third kappa shape index (κ3) is 11.1. The first kappa shape index (κ1) is 29.9. The van der Waals surface area contributed by atoms with Crippen LogP contribution in [0.15, 0.2) is 120 Å². The van der Waals surface area contributed by atoms with Crippen LogP contribution in [-0.4, -0.2) is 9.70 Å². The number of rotatable bonds is 6. The van der Waals surface area contributed by atoms with E-state index < -0.39 is 18.7 Å². The van der Waals surface area contributed by atoms with E-state index >= 15 is 0 Å². The summed E-state index contributed by atoms with van der Waals surface area (Å²) in [5.41, 5.74) is 3.42. The van der Waals surface area contributed by atoms with Gasteiger partial charge in [-0.2, -0.15) is 0 Å². The summed E-state index contributed by atoms with van der Waals surface area (Å²) in [6.07, 6.45) is 0. The van der Waals surface area contributed by atoms with Gasteiger partial charge in [0.25, 0.3) is 0 Å². The van der Waals surface area contributed by atoms with Crippen molar-refractivity contribution < 1.29 is 19.4 Å². The van der Waals surface area contributed by atoms with E-state index in [1.54, 1.807) is 0 Å². The van der Waals surface area contributed by atoms with E-state index in [0.29, 0.717) is 11.4 Å². The first-order chi connectivity index (χ1) is 17.0. The number of hydrogen-bond acceptors (Lipinski definition) is 1. The Labute approximate surface area is 230 Å². The van der Waals surface area contributed by atoms with Gasteiger partial charge in [-0.05, 0) is 49.1 Å². The fourth-order valence-electron chi connectivity index (χ4n) is 3.23. The molecule has 0 saturated heterocycles. The standard InChI is InChI=1S/C19H17OPS.C10H14.2ClH.Ru/c20-22(19-14-8-3-9-15-19)16-21(17-10-4-1-5-11-17)18-12-6-2-7-13-18;1-8(2)10-6-4-9(3)5-7-10;;;/h1-15H,16H2;4-8H,1-3H3;2*1H;/q;;;;+2/p-2. The van der Waals surface area contributed by atoms with Crippen LogP contribution in [0.1, 0.15) is 30.9 Å². The first-order valence-electron chi connectivity index (χ1n) is 11.2. The van der Waals surface area contributed by atoms with Crippen LogP contribution in [0.4, 0.5) is 0 Å². The molecule has 1 nitrogen and oxygen atoms in total. The molecule has 0 heterocycles. The summed E-state index contributed by atoms with van der Waals surface area (Å²) >= 11 is -0.346. The van der Waals surface area contributed by atoms with E-state index in [9.17, 15) is 4.21 Å². The van der Waals surface area contributed by atoms with Crippen LogP contribution in [0.3, 0.4) is 0 Å². The molecule has 35 heavy (non-hydrogen) atoms. The average Bonchev–Trinajstić information content (AvgIpc) is 2.90. The summed E-state index contributed by atoms with van der Waals surface area (Å²) < 4.78 is 12.7. The number of benzene rings is 4. The molecule has 4 aromatic rings. The van der Waals surface area contributed by atoms with Gasteiger partial charge in [0.2, 0.25) is 0 Å². The molecule has 0 aliphatic heterocycles. The molecule has 0 bridgehead atoms. The predicted octanol–water partition coefficient (Wildman–Crippen LogP) is 8.38. The van der Waals surface area contributed by atoms with Crippen molar-refractivity contribution in [2.45, 2.75) is 31.6 Å². The van der Waals surface area contributed by atoms with E-state index in [0.717, 1.165) is 4.90 Å². The molecular formula is C29H31Cl2OPRuS. The molecule has 4 aromatic carbocycles. The summed E-state index contributed by atoms with van der Waals surface area (Å²) in [5.74, 6) is 0.653. The quantitative estimate of drug-likeness (QED) is 0.155. The molecule has 0 aromatic heterocycles. The van der Waals surface area contributed by atoms with Crippen molar-refractivity contribution in [3.05, 3.63) is 126 Å². The number of aryl methyl sites for hydroxylation is 1. The van der Waals surface area contributed by atoms with Gasteiger partial charge in [-0.3, -0.25) is 4.21 Å². The van der Waals surface area contributed by atoms with Crippen LogP contribution in [0.2, 0.25) is 0 Å². The van der Waals surface area contributed by atoms with Gasteiger partial charge >= 0.3 is 34.5 Å². The summed E-state index contributed by atoms with van der Waals surface area (Å²) in [6, 6.07) is 39.3. The van der Waals surface area contributed by atoms with Crippen molar-refractivity contribution in [2.75, 3.05) is 5.49 Å². The Bertz CT molecular complexity index is 1070. The van der Waals surface area contributed by atoms with Crippen LogP contribution in [-0.2, 0) is 25.9 Å². The van der Waals surface area contributed by atoms with E-state index in [1.165, 1.54) is 21.7 Å². The van der Waals surface area contributed by atoms with Crippen molar-refractivity contribution in [2.24, 2.45) is 0 Å². The van der Waals surface area contributed by atoms with Gasteiger partial charge < -0.3 is 0 Å². The van der Waals surface area contributed by atoms with Crippen molar-refractivity contribution in [3.8, 4) is 0 Å². The van der Waals surface area contributed by atoms with Crippen LogP contribution < -0.4 is 10.6 Å². The SMILES string of the molecule is Cc1ccc(C(C)C)cc1.O=S(CP(c1ccccc1)c1ccccc1)c1ccccc1.[Cl][Ru][Cl]. The van der Waals surface area contributed by atoms with Gasteiger partial charge in [0.05, 0.1) is 16.3 Å². The fraction of sp³-hybridized carbons (Fsp3) is 0.172. The van der Waals surface area contributed by atoms with Crippen molar-refractivity contribution >= 4 is 48.7 Å². The molecule has 0 saturated carbocycles. The fourth-order valence-corrected chi connectivity index (χ4v) is 7.78. The summed E-state index contributed by atoms with van der Waals surface area (Å²) in [5, 5.41) is 2.54. The Morgan fingerprint density at radius 2 is 1.11 bits per heavy atom. The molecule has 1 atom stereocenters. The number of halogens is 2. The molecule has 6 heteroatoms. The molecule has 1 unspecified atom stereocenters. The van der Waals surface area contributed by atoms with Crippen molar-refractivity contribution in [3.63, 3.8) is 0 Å². The molecule has 0 spiro atoms. The van der Waals surface area contributed by atoms with Crippen LogP contribution in [0.25, 0.3) is 0 Å². The van der Waals surface area contributed by atoms with Crippen molar-refractivity contribution in [1.29, 1.82) is 0 Å². The second-order valence-corrected chi connectivity index (χ2v) is 14.7. The normalized spacial score (nSPS) is 11.3. The van der Waals surface area contributed by atoms with Gasteiger partial charge in [-0.15, -0.1) is 0 Å². The summed E-state index contributed by atoms with van der Waals surface area (Å²) in [6.45, 7) is 6.54. The Balaban J connectivity index is 0.000000277.